The van der Waals surface area contributed by atoms with Gasteiger partial charge in [-0.25, -0.2) is 4.39 Å². The molecule has 0 aliphatic carbocycles. The summed E-state index contributed by atoms with van der Waals surface area (Å²) >= 11 is 0. The van der Waals surface area contributed by atoms with Crippen molar-refractivity contribution < 1.29 is 23.6 Å². The summed E-state index contributed by atoms with van der Waals surface area (Å²) in [6.45, 7) is 3.48. The Labute approximate surface area is 164 Å². The van der Waals surface area contributed by atoms with Crippen molar-refractivity contribution in [1.29, 1.82) is 0 Å². The summed E-state index contributed by atoms with van der Waals surface area (Å²) in [4.78, 5) is 25.2. The van der Waals surface area contributed by atoms with Gasteiger partial charge in [-0.1, -0.05) is 12.1 Å². The van der Waals surface area contributed by atoms with Gasteiger partial charge in [-0.05, 0) is 55.3 Å². The number of likely N-dealkylation sites (N-methyl/N-ethyl adjacent to an activating group) is 1. The molecule has 3 N–H and O–H groups in total. The number of methoxy groups -OCH3 is 1. The van der Waals surface area contributed by atoms with Crippen molar-refractivity contribution in [3.05, 3.63) is 59.9 Å². The smallest absolute Gasteiger partial charge is 0.279 e. The Morgan fingerprint density at radius 2 is 1.64 bits per heavy atom. The maximum atomic E-state index is 12.9. The minimum atomic E-state index is -0.275. The number of halogens is 1. The van der Waals surface area contributed by atoms with Gasteiger partial charge in [-0.15, -0.1) is 0 Å². The molecule has 2 aromatic rings. The number of nitrogens with one attached hydrogen (secondary N) is 3. The first kappa shape index (κ1) is 21.4. The van der Waals surface area contributed by atoms with Crippen LogP contribution >= 0.6 is 0 Å². The number of anilines is 1. The summed E-state index contributed by atoms with van der Waals surface area (Å²) in [5.74, 6) is 0.177. The monoisotopic (exact) mass is 388 g/mol. The van der Waals surface area contributed by atoms with Crippen LogP contribution in [-0.2, 0) is 16.0 Å². The number of carbonyl (C=O) groups is 2. The Morgan fingerprint density at radius 1 is 1.00 bits per heavy atom. The summed E-state index contributed by atoms with van der Waals surface area (Å²) in [6.07, 6.45) is 0.630. The van der Waals surface area contributed by atoms with Crippen LogP contribution in [-0.4, -0.2) is 45.1 Å². The molecule has 0 radical (unpaired) electrons. The molecule has 28 heavy (non-hydrogen) atoms. The Morgan fingerprint density at radius 3 is 2.25 bits per heavy atom. The van der Waals surface area contributed by atoms with Gasteiger partial charge in [0.2, 0.25) is 0 Å². The fraction of sp³-hybridized carbons (Fsp3) is 0.333. The minimum Gasteiger partial charge on any atom is -0.497 e. The maximum absolute atomic E-state index is 12.9. The van der Waals surface area contributed by atoms with Gasteiger partial charge < -0.3 is 20.3 Å². The lowest BCUT2D eigenvalue weighted by atomic mass is 10.1. The highest BCUT2D eigenvalue weighted by Crippen LogP contribution is 2.14. The zero-order chi connectivity index (χ0) is 20.4. The molecular weight excluding hydrogens is 361 g/mol. The molecule has 7 heteroatoms. The number of quaternary nitrogens is 1. The molecule has 2 rings (SSSR count). The van der Waals surface area contributed by atoms with E-state index in [0.29, 0.717) is 25.2 Å². The molecule has 0 aromatic heterocycles. The van der Waals surface area contributed by atoms with Crippen molar-refractivity contribution in [2.45, 2.75) is 13.3 Å². The van der Waals surface area contributed by atoms with Gasteiger partial charge in [0.25, 0.3) is 11.8 Å². The van der Waals surface area contributed by atoms with Crippen molar-refractivity contribution in [2.75, 3.05) is 38.6 Å². The molecule has 0 saturated carbocycles. The maximum Gasteiger partial charge on any atom is 0.279 e. The van der Waals surface area contributed by atoms with E-state index in [1.807, 2.05) is 6.92 Å². The zero-order valence-corrected chi connectivity index (χ0v) is 16.3. The number of benzene rings is 2. The average Bonchev–Trinajstić information content (AvgIpc) is 2.69. The third-order valence-electron chi connectivity index (χ3n) is 4.34. The molecule has 6 nitrogen and oxygen atoms in total. The third-order valence-corrected chi connectivity index (χ3v) is 4.34. The van der Waals surface area contributed by atoms with Crippen molar-refractivity contribution in [3.8, 4) is 5.75 Å². The zero-order valence-electron chi connectivity index (χ0n) is 16.3. The Kier molecular flexibility index (Phi) is 8.42. The number of rotatable bonds is 10. The lowest BCUT2D eigenvalue weighted by Crippen LogP contribution is -3.14. The second kappa shape index (κ2) is 11.0. The summed E-state index contributed by atoms with van der Waals surface area (Å²) in [5, 5.41) is 5.67. The second-order valence-corrected chi connectivity index (χ2v) is 6.46. The van der Waals surface area contributed by atoms with Crippen LogP contribution in [0.1, 0.15) is 12.5 Å². The largest absolute Gasteiger partial charge is 0.497 e. The molecule has 2 amide bonds. The van der Waals surface area contributed by atoms with Gasteiger partial charge in [0.05, 0.1) is 13.7 Å². The standard InChI is InChI=1S/C21H26FN3O3/c1-3-25(15-21(27)24-18-8-10-19(28-2)11-9-18)14-20(26)23-13-12-16-4-6-17(22)7-5-16/h4-11H,3,12-15H2,1-2H3,(H,23,26)(H,24,27)/p+1. The molecule has 0 heterocycles. The molecule has 2 aromatic carbocycles. The first-order valence-electron chi connectivity index (χ1n) is 9.28. The Hall–Kier alpha value is -2.93. The van der Waals surface area contributed by atoms with Gasteiger partial charge in [0.15, 0.2) is 13.1 Å². The van der Waals surface area contributed by atoms with E-state index in [-0.39, 0.29) is 30.7 Å². The van der Waals surface area contributed by atoms with E-state index < -0.39 is 0 Å². The fourth-order valence-electron chi connectivity index (χ4n) is 2.71. The normalized spacial score (nSPS) is 11.5. The van der Waals surface area contributed by atoms with Crippen LogP contribution in [0, 0.1) is 5.82 Å². The van der Waals surface area contributed by atoms with E-state index in [1.165, 1.54) is 12.1 Å². The summed E-state index contributed by atoms with van der Waals surface area (Å²) < 4.78 is 18.0. The molecule has 0 saturated heterocycles. The highest BCUT2D eigenvalue weighted by Gasteiger charge is 2.16. The number of hydrogen-bond acceptors (Lipinski definition) is 3. The van der Waals surface area contributed by atoms with Crippen LogP contribution in [0.4, 0.5) is 10.1 Å². The second-order valence-electron chi connectivity index (χ2n) is 6.46. The summed E-state index contributed by atoms with van der Waals surface area (Å²) in [6, 6.07) is 13.3. The van der Waals surface area contributed by atoms with E-state index in [2.05, 4.69) is 10.6 Å². The number of hydrogen-bond donors (Lipinski definition) is 3. The molecule has 0 spiro atoms. The summed E-state index contributed by atoms with van der Waals surface area (Å²) in [7, 11) is 1.58. The van der Waals surface area contributed by atoms with Crippen molar-refractivity contribution in [2.24, 2.45) is 0 Å². The molecule has 1 unspecified atom stereocenters. The average molecular weight is 388 g/mol. The van der Waals surface area contributed by atoms with Crippen LogP contribution in [0.2, 0.25) is 0 Å². The first-order chi connectivity index (χ1) is 13.5. The van der Waals surface area contributed by atoms with Gasteiger partial charge in [-0.2, -0.15) is 0 Å². The minimum absolute atomic E-state index is 0.115. The highest BCUT2D eigenvalue weighted by molar-refractivity contribution is 5.91. The third kappa shape index (κ3) is 7.36. The Bertz CT molecular complexity index is 763. The number of ether oxygens (including phenoxy) is 1. The van der Waals surface area contributed by atoms with Crippen LogP contribution in [0.25, 0.3) is 0 Å². The lowest BCUT2D eigenvalue weighted by molar-refractivity contribution is -0.881. The van der Waals surface area contributed by atoms with E-state index in [9.17, 15) is 14.0 Å². The van der Waals surface area contributed by atoms with E-state index in [4.69, 9.17) is 4.74 Å². The molecule has 0 fully saturated rings. The van der Waals surface area contributed by atoms with Crippen LogP contribution < -0.4 is 20.3 Å². The highest BCUT2D eigenvalue weighted by atomic mass is 19.1. The van der Waals surface area contributed by atoms with Crippen molar-refractivity contribution in [3.63, 3.8) is 0 Å². The van der Waals surface area contributed by atoms with Crippen LogP contribution in [0.5, 0.6) is 5.75 Å². The Balaban J connectivity index is 1.73. The molecular formula is C21H27FN3O3+. The van der Waals surface area contributed by atoms with E-state index >= 15 is 0 Å². The molecule has 0 aliphatic rings. The fourth-order valence-corrected chi connectivity index (χ4v) is 2.71. The molecule has 0 bridgehead atoms. The number of carbonyl (C=O) groups excluding carboxylic acids is 2. The van der Waals surface area contributed by atoms with E-state index in [0.717, 1.165) is 16.2 Å². The first-order valence-corrected chi connectivity index (χ1v) is 9.28. The predicted molar refractivity (Wildman–Crippen MR) is 106 cm³/mol. The number of amides is 2. The van der Waals surface area contributed by atoms with Gasteiger partial charge in [-0.3, -0.25) is 9.59 Å². The summed E-state index contributed by atoms with van der Waals surface area (Å²) in [5.41, 5.74) is 1.64. The quantitative estimate of drug-likeness (QED) is 0.570. The van der Waals surface area contributed by atoms with Crippen molar-refractivity contribution >= 4 is 17.5 Å². The molecule has 150 valence electrons. The lowest BCUT2D eigenvalue weighted by Gasteiger charge is -2.17. The molecule has 0 aliphatic heterocycles. The molecule has 1 atom stereocenters. The van der Waals surface area contributed by atoms with Gasteiger partial charge in [0.1, 0.15) is 11.6 Å². The van der Waals surface area contributed by atoms with Crippen molar-refractivity contribution in [1.82, 2.24) is 5.32 Å². The topological polar surface area (TPSA) is 71.9 Å². The van der Waals surface area contributed by atoms with Crippen LogP contribution in [0.3, 0.4) is 0 Å². The van der Waals surface area contributed by atoms with Gasteiger partial charge >= 0.3 is 0 Å². The van der Waals surface area contributed by atoms with Gasteiger partial charge in [0, 0.05) is 12.2 Å². The van der Waals surface area contributed by atoms with Crippen LogP contribution in [0.15, 0.2) is 48.5 Å². The SMILES string of the molecule is CC[NH+](CC(=O)NCCc1ccc(F)cc1)CC(=O)Nc1ccc(OC)cc1. The predicted octanol–water partition coefficient (Wildman–Crippen LogP) is 1.04. The van der Waals surface area contributed by atoms with E-state index in [1.54, 1.807) is 43.5 Å².